The summed E-state index contributed by atoms with van der Waals surface area (Å²) in [5.41, 5.74) is 10.6. The van der Waals surface area contributed by atoms with Crippen LogP contribution in [-0.2, 0) is 6.42 Å². The normalized spacial score (nSPS) is 17.9. The molecule has 0 bridgehead atoms. The molecule has 1 aliphatic rings. The Kier molecular flexibility index (Phi) is 7.20. The molecule has 3 aromatic rings. The number of phenols is 1. The largest absolute Gasteiger partial charge is 0.507 e. The van der Waals surface area contributed by atoms with Crippen LogP contribution in [0.5, 0.6) is 5.75 Å². The van der Waals surface area contributed by atoms with E-state index in [0.29, 0.717) is 24.2 Å². The molecule has 1 saturated heterocycles. The number of amides is 1. The fourth-order valence-electron chi connectivity index (χ4n) is 4.29. The minimum Gasteiger partial charge on any atom is -0.507 e. The molecule has 3 aromatic carbocycles. The Hall–Kier alpha value is -3.15. The van der Waals surface area contributed by atoms with Crippen molar-refractivity contribution in [2.45, 2.75) is 37.8 Å². The van der Waals surface area contributed by atoms with Crippen molar-refractivity contribution in [2.24, 2.45) is 0 Å². The molecule has 1 fully saturated rings. The molecule has 0 aliphatic carbocycles. The van der Waals surface area contributed by atoms with E-state index in [4.69, 9.17) is 0 Å². The van der Waals surface area contributed by atoms with Crippen LogP contribution in [-0.4, -0.2) is 35.5 Å². The number of hydrazine groups is 1. The van der Waals surface area contributed by atoms with Crippen molar-refractivity contribution in [3.63, 3.8) is 0 Å². The summed E-state index contributed by atoms with van der Waals surface area (Å²) >= 11 is 0. The lowest BCUT2D eigenvalue weighted by atomic mass is 9.99. The lowest BCUT2D eigenvalue weighted by Gasteiger charge is -2.19. The highest BCUT2D eigenvalue weighted by atomic mass is 16.3. The fourth-order valence-corrected chi connectivity index (χ4v) is 4.29. The van der Waals surface area contributed by atoms with Crippen LogP contribution in [0.15, 0.2) is 78.9 Å². The summed E-state index contributed by atoms with van der Waals surface area (Å²) in [6, 6.07) is 26.6. The molecule has 1 amide bonds. The summed E-state index contributed by atoms with van der Waals surface area (Å²) in [6.07, 6.45) is 3.64. The molecule has 1 aliphatic heterocycles. The zero-order chi connectivity index (χ0) is 22.3. The van der Waals surface area contributed by atoms with E-state index in [0.717, 1.165) is 31.2 Å². The van der Waals surface area contributed by atoms with E-state index < -0.39 is 0 Å². The molecule has 166 valence electrons. The maximum absolute atomic E-state index is 13.0. The first-order chi connectivity index (χ1) is 15.6. The summed E-state index contributed by atoms with van der Waals surface area (Å²) in [4.78, 5) is 14.7. The summed E-state index contributed by atoms with van der Waals surface area (Å²) in [5.74, 6) is -0.108. The van der Waals surface area contributed by atoms with E-state index in [1.165, 1.54) is 11.1 Å². The zero-order valence-electron chi connectivity index (χ0n) is 18.5. The van der Waals surface area contributed by atoms with Gasteiger partial charge in [0.1, 0.15) is 5.75 Å². The average molecular weight is 430 g/mol. The van der Waals surface area contributed by atoms with Gasteiger partial charge in [0.25, 0.3) is 5.91 Å². The topological polar surface area (TPSA) is 64.6 Å². The second-order valence-electron chi connectivity index (χ2n) is 8.57. The van der Waals surface area contributed by atoms with Crippen LogP contribution in [0.3, 0.4) is 0 Å². The molecule has 3 N–H and O–H groups in total. The first-order valence-electron chi connectivity index (χ1n) is 11.3. The van der Waals surface area contributed by atoms with Crippen LogP contribution in [0.1, 0.15) is 52.4 Å². The van der Waals surface area contributed by atoms with Gasteiger partial charge in [-0.2, -0.15) is 0 Å². The van der Waals surface area contributed by atoms with Gasteiger partial charge in [-0.25, -0.2) is 0 Å². The number of hydrogen-bond acceptors (Lipinski definition) is 4. The lowest BCUT2D eigenvalue weighted by molar-refractivity contribution is 0.0788. The summed E-state index contributed by atoms with van der Waals surface area (Å²) < 4.78 is 0. The summed E-state index contributed by atoms with van der Waals surface area (Å²) in [6.45, 7) is 0.648. The first-order valence-corrected chi connectivity index (χ1v) is 11.3. The summed E-state index contributed by atoms with van der Waals surface area (Å²) in [7, 11) is 1.80. The van der Waals surface area contributed by atoms with Crippen LogP contribution in [0.25, 0.3) is 0 Å². The smallest absolute Gasteiger partial charge is 0.257 e. The van der Waals surface area contributed by atoms with Gasteiger partial charge < -0.3 is 10.0 Å². The number of aromatic hydroxyl groups is 1. The van der Waals surface area contributed by atoms with Gasteiger partial charge in [0.2, 0.25) is 0 Å². The molecule has 5 heteroatoms. The third-order valence-corrected chi connectivity index (χ3v) is 6.12. The maximum atomic E-state index is 13.0. The molecule has 0 radical (unpaired) electrons. The second-order valence-corrected chi connectivity index (χ2v) is 8.57. The Morgan fingerprint density at radius 1 is 0.969 bits per heavy atom. The van der Waals surface area contributed by atoms with Crippen molar-refractivity contribution in [3.05, 3.63) is 101 Å². The Balaban J connectivity index is 1.29. The minimum absolute atomic E-state index is 0.0334. The molecule has 1 heterocycles. The maximum Gasteiger partial charge on any atom is 0.257 e. The predicted molar refractivity (Wildman–Crippen MR) is 127 cm³/mol. The number of nitrogens with zero attached hydrogens (tertiary/aromatic N) is 1. The Labute approximate surface area is 190 Å². The van der Waals surface area contributed by atoms with Gasteiger partial charge in [0.15, 0.2) is 0 Å². The average Bonchev–Trinajstić information content (AvgIpc) is 3.30. The van der Waals surface area contributed by atoms with E-state index in [1.54, 1.807) is 18.0 Å². The van der Waals surface area contributed by atoms with Gasteiger partial charge in [-0.05, 0) is 54.5 Å². The number of rotatable bonds is 8. The van der Waals surface area contributed by atoms with E-state index in [-0.39, 0.29) is 11.7 Å². The van der Waals surface area contributed by atoms with Crippen molar-refractivity contribution in [3.8, 4) is 5.75 Å². The Morgan fingerprint density at radius 2 is 1.69 bits per heavy atom. The van der Waals surface area contributed by atoms with Crippen molar-refractivity contribution >= 4 is 5.91 Å². The predicted octanol–water partition coefficient (Wildman–Crippen LogP) is 4.44. The highest BCUT2D eigenvalue weighted by Gasteiger charge is 2.25. The molecule has 4 rings (SSSR count). The van der Waals surface area contributed by atoms with Crippen LogP contribution in [0.2, 0.25) is 0 Å². The summed E-state index contributed by atoms with van der Waals surface area (Å²) in [5, 5.41) is 10.3. The number of hydrogen-bond donors (Lipinski definition) is 3. The first kappa shape index (κ1) is 22.1. The van der Waals surface area contributed by atoms with E-state index in [2.05, 4.69) is 47.2 Å². The molecule has 0 spiro atoms. The monoisotopic (exact) mass is 429 g/mol. The number of carbonyl (C=O) groups excluding carboxylic acids is 1. The Bertz CT molecular complexity index is 1020. The van der Waals surface area contributed by atoms with Gasteiger partial charge in [-0.15, -0.1) is 0 Å². The van der Waals surface area contributed by atoms with E-state index in [1.807, 2.05) is 36.4 Å². The number of carbonyl (C=O) groups is 1. The molecule has 2 atom stereocenters. The Morgan fingerprint density at radius 3 is 2.44 bits per heavy atom. The van der Waals surface area contributed by atoms with Crippen molar-refractivity contribution in [1.29, 1.82) is 0 Å². The van der Waals surface area contributed by atoms with Gasteiger partial charge in [-0.3, -0.25) is 15.6 Å². The molecule has 2 unspecified atom stereocenters. The molecule has 0 aromatic heterocycles. The SMILES string of the molecule is CN(CCCC1CC(c2ccccc2)NN1)C(=O)c1cc(Cc2ccccc2)ccc1O. The molecule has 5 nitrogen and oxygen atoms in total. The van der Waals surface area contributed by atoms with Crippen molar-refractivity contribution in [1.82, 2.24) is 15.8 Å². The van der Waals surface area contributed by atoms with Gasteiger partial charge in [-0.1, -0.05) is 66.7 Å². The number of benzene rings is 3. The lowest BCUT2D eigenvalue weighted by Crippen LogP contribution is -2.32. The standard InChI is InChI=1S/C27H31N3O2/c1-30(16-8-13-23-19-25(29-28-23)22-11-6-3-7-12-22)27(32)24-18-21(14-15-26(24)31)17-20-9-4-2-5-10-20/h2-7,9-12,14-15,18,23,25,28-29,31H,8,13,16-17,19H2,1H3. The molecular weight excluding hydrogens is 398 g/mol. The molecule has 32 heavy (non-hydrogen) atoms. The van der Waals surface area contributed by atoms with Gasteiger partial charge in [0.05, 0.1) is 5.56 Å². The number of nitrogens with one attached hydrogen (secondary N) is 2. The van der Waals surface area contributed by atoms with Crippen LogP contribution < -0.4 is 10.9 Å². The van der Waals surface area contributed by atoms with Gasteiger partial charge in [0, 0.05) is 25.7 Å². The second kappa shape index (κ2) is 10.4. The molecule has 0 saturated carbocycles. The highest BCUT2D eigenvalue weighted by Crippen LogP contribution is 2.25. The van der Waals surface area contributed by atoms with E-state index in [9.17, 15) is 9.90 Å². The third-order valence-electron chi connectivity index (χ3n) is 6.12. The molecular formula is C27H31N3O2. The zero-order valence-corrected chi connectivity index (χ0v) is 18.5. The quantitative estimate of drug-likeness (QED) is 0.495. The van der Waals surface area contributed by atoms with Gasteiger partial charge >= 0.3 is 0 Å². The van der Waals surface area contributed by atoms with Crippen LogP contribution >= 0.6 is 0 Å². The van der Waals surface area contributed by atoms with Crippen molar-refractivity contribution in [2.75, 3.05) is 13.6 Å². The van der Waals surface area contributed by atoms with E-state index >= 15 is 0 Å². The van der Waals surface area contributed by atoms with Crippen LogP contribution in [0, 0.1) is 0 Å². The van der Waals surface area contributed by atoms with Crippen molar-refractivity contribution < 1.29 is 9.90 Å². The fraction of sp³-hybridized carbons (Fsp3) is 0.296. The third kappa shape index (κ3) is 5.55. The van der Waals surface area contributed by atoms with Crippen LogP contribution in [0.4, 0.5) is 0 Å². The minimum atomic E-state index is -0.142. The highest BCUT2D eigenvalue weighted by molar-refractivity contribution is 5.96. The number of phenolic OH excluding ortho intramolecular Hbond substituents is 1.